The number of carbonyl (C=O) groups is 1. The number of hydrogen-bond donors (Lipinski definition) is 0. The number of methoxy groups -OCH3 is 1. The van der Waals surface area contributed by atoms with Crippen molar-refractivity contribution in [3.05, 3.63) is 75.3 Å². The number of carbonyl (C=O) groups excluding carboxylic acids is 1. The van der Waals surface area contributed by atoms with Gasteiger partial charge >= 0.3 is 5.97 Å². The fourth-order valence-corrected chi connectivity index (χ4v) is 1.87. The molecular formula is C16H13NO4. The molecule has 2 aromatic rings. The van der Waals surface area contributed by atoms with Crippen LogP contribution in [0.1, 0.15) is 21.5 Å². The van der Waals surface area contributed by atoms with Crippen LogP contribution < -0.4 is 0 Å². The van der Waals surface area contributed by atoms with Gasteiger partial charge < -0.3 is 4.74 Å². The normalized spacial score (nSPS) is 10.5. The third-order valence-electron chi connectivity index (χ3n) is 2.90. The molecule has 0 aromatic heterocycles. The van der Waals surface area contributed by atoms with Gasteiger partial charge in [0.05, 0.1) is 17.6 Å². The van der Waals surface area contributed by atoms with Crippen LogP contribution >= 0.6 is 0 Å². The summed E-state index contributed by atoms with van der Waals surface area (Å²) < 4.78 is 4.72. The highest BCUT2D eigenvalue weighted by Crippen LogP contribution is 2.17. The second kappa shape index (κ2) is 6.47. The average Bonchev–Trinajstić information content (AvgIpc) is 2.52. The Morgan fingerprint density at radius 2 is 1.90 bits per heavy atom. The van der Waals surface area contributed by atoms with Crippen LogP contribution in [-0.2, 0) is 4.74 Å². The van der Waals surface area contributed by atoms with Gasteiger partial charge in [0.25, 0.3) is 5.69 Å². The smallest absolute Gasteiger partial charge is 0.338 e. The van der Waals surface area contributed by atoms with Gasteiger partial charge in [0, 0.05) is 12.1 Å². The molecular weight excluding hydrogens is 270 g/mol. The van der Waals surface area contributed by atoms with E-state index < -0.39 is 10.9 Å². The number of nitro benzene ring substituents is 1. The van der Waals surface area contributed by atoms with Gasteiger partial charge in [-0.25, -0.2) is 4.79 Å². The Hall–Kier alpha value is -2.95. The zero-order valence-electron chi connectivity index (χ0n) is 11.4. The quantitative estimate of drug-likeness (QED) is 0.372. The maximum absolute atomic E-state index is 11.6. The van der Waals surface area contributed by atoms with Crippen LogP contribution in [0, 0.1) is 10.1 Å². The number of esters is 1. The highest BCUT2D eigenvalue weighted by molar-refractivity contribution is 5.94. The number of rotatable bonds is 4. The highest BCUT2D eigenvalue weighted by Gasteiger charge is 2.08. The van der Waals surface area contributed by atoms with E-state index in [1.807, 2.05) is 0 Å². The average molecular weight is 283 g/mol. The summed E-state index contributed by atoms with van der Waals surface area (Å²) in [7, 11) is 1.32. The fourth-order valence-electron chi connectivity index (χ4n) is 1.87. The first-order valence-corrected chi connectivity index (χ1v) is 6.21. The molecule has 0 saturated carbocycles. The van der Waals surface area contributed by atoms with Crippen molar-refractivity contribution in [1.29, 1.82) is 0 Å². The molecule has 0 N–H and O–H groups in total. The van der Waals surface area contributed by atoms with E-state index in [1.165, 1.54) is 19.2 Å². The molecule has 0 bridgehead atoms. The summed E-state index contributed by atoms with van der Waals surface area (Å²) in [6.45, 7) is 0. The number of benzene rings is 2. The molecule has 2 aromatic carbocycles. The Bertz CT molecular complexity index is 707. The minimum atomic E-state index is -0.445. The summed E-state index contributed by atoms with van der Waals surface area (Å²) in [6.07, 6.45) is 3.44. The predicted octanol–water partition coefficient (Wildman–Crippen LogP) is 3.55. The zero-order chi connectivity index (χ0) is 15.2. The second-order valence-corrected chi connectivity index (χ2v) is 4.26. The van der Waals surface area contributed by atoms with Crippen molar-refractivity contribution in [3.8, 4) is 0 Å². The van der Waals surface area contributed by atoms with Gasteiger partial charge in [-0.05, 0) is 17.2 Å². The number of ether oxygens (including phenoxy) is 1. The van der Waals surface area contributed by atoms with Crippen molar-refractivity contribution in [1.82, 2.24) is 0 Å². The molecule has 0 aliphatic rings. The van der Waals surface area contributed by atoms with Gasteiger partial charge in [-0.2, -0.15) is 0 Å². The van der Waals surface area contributed by atoms with Crippen molar-refractivity contribution in [2.24, 2.45) is 0 Å². The lowest BCUT2D eigenvalue weighted by atomic mass is 10.1. The van der Waals surface area contributed by atoms with E-state index in [1.54, 1.807) is 48.6 Å². The van der Waals surface area contributed by atoms with Gasteiger partial charge in [-0.15, -0.1) is 0 Å². The van der Waals surface area contributed by atoms with Crippen LogP contribution in [0.3, 0.4) is 0 Å². The predicted molar refractivity (Wildman–Crippen MR) is 79.8 cm³/mol. The molecule has 0 atom stereocenters. The summed E-state index contributed by atoms with van der Waals surface area (Å²) >= 11 is 0. The third-order valence-corrected chi connectivity index (χ3v) is 2.90. The molecule has 0 spiro atoms. The van der Waals surface area contributed by atoms with Crippen LogP contribution in [0.15, 0.2) is 48.5 Å². The molecule has 2 rings (SSSR count). The van der Waals surface area contributed by atoms with E-state index >= 15 is 0 Å². The molecule has 106 valence electrons. The van der Waals surface area contributed by atoms with Crippen molar-refractivity contribution in [2.75, 3.05) is 7.11 Å². The first-order valence-electron chi connectivity index (χ1n) is 6.21. The Morgan fingerprint density at radius 3 is 2.62 bits per heavy atom. The second-order valence-electron chi connectivity index (χ2n) is 4.26. The minimum absolute atomic E-state index is 0.0263. The van der Waals surface area contributed by atoms with Crippen molar-refractivity contribution < 1.29 is 14.5 Å². The van der Waals surface area contributed by atoms with E-state index in [0.717, 1.165) is 0 Å². The lowest BCUT2D eigenvalue weighted by Gasteiger charge is -2.03. The number of hydrogen-bond acceptors (Lipinski definition) is 4. The summed E-state index contributed by atoms with van der Waals surface area (Å²) in [5.74, 6) is -0.422. The molecule has 5 nitrogen and oxygen atoms in total. The number of nitro groups is 1. The summed E-state index contributed by atoms with van der Waals surface area (Å²) in [6, 6.07) is 13.3. The number of non-ortho nitro benzene ring substituents is 1. The Labute approximate surface area is 121 Å². The molecule has 21 heavy (non-hydrogen) atoms. The van der Waals surface area contributed by atoms with Crippen LogP contribution in [-0.4, -0.2) is 18.0 Å². The summed E-state index contributed by atoms with van der Waals surface area (Å²) in [4.78, 5) is 21.9. The van der Waals surface area contributed by atoms with Crippen molar-refractivity contribution in [3.63, 3.8) is 0 Å². The van der Waals surface area contributed by atoms with E-state index in [2.05, 4.69) is 0 Å². The maximum Gasteiger partial charge on any atom is 0.338 e. The standard InChI is InChI=1S/C16H13NO4/c1-21-16(18)15-8-3-2-6-13(15)10-9-12-5-4-7-14(11-12)17(19)20/h2-11H,1H3. The minimum Gasteiger partial charge on any atom is -0.465 e. The van der Waals surface area contributed by atoms with Gasteiger partial charge in [-0.1, -0.05) is 42.5 Å². The molecule has 0 fully saturated rings. The van der Waals surface area contributed by atoms with E-state index in [-0.39, 0.29) is 5.69 Å². The monoisotopic (exact) mass is 283 g/mol. The molecule has 0 unspecified atom stereocenters. The highest BCUT2D eigenvalue weighted by atomic mass is 16.6. The maximum atomic E-state index is 11.6. The van der Waals surface area contributed by atoms with Gasteiger partial charge in [0.2, 0.25) is 0 Å². The Kier molecular flexibility index (Phi) is 4.46. The molecule has 0 amide bonds. The molecule has 5 heteroatoms. The van der Waals surface area contributed by atoms with E-state index in [4.69, 9.17) is 4.74 Å². The van der Waals surface area contributed by atoms with Crippen LogP contribution in [0.5, 0.6) is 0 Å². The first-order chi connectivity index (χ1) is 10.1. The molecule has 0 radical (unpaired) electrons. The molecule has 0 aliphatic carbocycles. The molecule has 0 aliphatic heterocycles. The van der Waals surface area contributed by atoms with Gasteiger partial charge in [-0.3, -0.25) is 10.1 Å². The van der Waals surface area contributed by atoms with Crippen LogP contribution in [0.4, 0.5) is 5.69 Å². The van der Waals surface area contributed by atoms with Crippen molar-refractivity contribution in [2.45, 2.75) is 0 Å². The van der Waals surface area contributed by atoms with Crippen molar-refractivity contribution >= 4 is 23.8 Å². The number of nitrogens with zero attached hydrogens (tertiary/aromatic N) is 1. The topological polar surface area (TPSA) is 69.4 Å². The van der Waals surface area contributed by atoms with Crippen LogP contribution in [0.2, 0.25) is 0 Å². The lowest BCUT2D eigenvalue weighted by molar-refractivity contribution is -0.384. The van der Waals surface area contributed by atoms with E-state index in [0.29, 0.717) is 16.7 Å². The molecule has 0 heterocycles. The van der Waals surface area contributed by atoms with E-state index in [9.17, 15) is 14.9 Å². The third kappa shape index (κ3) is 3.54. The van der Waals surface area contributed by atoms with Gasteiger partial charge in [0.1, 0.15) is 0 Å². The van der Waals surface area contributed by atoms with Gasteiger partial charge in [0.15, 0.2) is 0 Å². The van der Waals surface area contributed by atoms with Crippen LogP contribution in [0.25, 0.3) is 12.2 Å². The zero-order valence-corrected chi connectivity index (χ0v) is 11.4. The largest absolute Gasteiger partial charge is 0.465 e. The SMILES string of the molecule is COC(=O)c1ccccc1C=Cc1cccc([N+](=O)[O-])c1. The Morgan fingerprint density at radius 1 is 1.14 bits per heavy atom. The molecule has 0 saturated heterocycles. The first kappa shape index (κ1) is 14.5. The summed E-state index contributed by atoms with van der Waals surface area (Å²) in [5.41, 5.74) is 1.85. The fraction of sp³-hybridized carbons (Fsp3) is 0.0625. The Balaban J connectivity index is 2.32. The summed E-state index contributed by atoms with van der Waals surface area (Å²) in [5, 5.41) is 10.7. The lowest BCUT2D eigenvalue weighted by Crippen LogP contribution is -2.02.